The highest BCUT2D eigenvalue weighted by atomic mass is 16.5. The van der Waals surface area contributed by atoms with E-state index in [-0.39, 0.29) is 66.3 Å². The minimum absolute atomic E-state index is 0.0380. The lowest BCUT2D eigenvalue weighted by atomic mass is 9.39. The van der Waals surface area contributed by atoms with E-state index >= 15 is 4.79 Å². The maximum Gasteiger partial charge on any atom is 0.160 e. The number of phenolic OH excluding ortho intramolecular Hbond substituents is 1. The van der Waals surface area contributed by atoms with Crippen LogP contribution in [0.25, 0.3) is 10.8 Å². The number of piperidine rings is 1. The first-order valence-corrected chi connectivity index (χ1v) is 28.5. The molecule has 18 unspecified atom stereocenters. The highest BCUT2D eigenvalue weighted by molar-refractivity contribution is 5.89. The number of nitrogens with two attached hydrogens (primary N) is 1. The maximum atomic E-state index is 15.2. The number of aromatic hydroxyl groups is 1. The average molecular weight is 1010 g/mol. The van der Waals surface area contributed by atoms with Crippen molar-refractivity contribution < 1.29 is 34.8 Å². The van der Waals surface area contributed by atoms with Crippen LogP contribution in [0.15, 0.2) is 84.3 Å². The number of ketones is 2. The number of phenols is 1. The summed E-state index contributed by atoms with van der Waals surface area (Å²) < 4.78 is 5.60. The Morgan fingerprint density at radius 3 is 2.56 bits per heavy atom. The minimum atomic E-state index is -1.31. The molecule has 10 N–H and O–H groups in total. The first-order valence-electron chi connectivity index (χ1n) is 28.5. The Morgan fingerprint density at radius 1 is 0.907 bits per heavy atom. The van der Waals surface area contributed by atoms with E-state index in [1.807, 2.05) is 18.2 Å². The molecule has 75 heavy (non-hydrogen) atoms. The van der Waals surface area contributed by atoms with Gasteiger partial charge < -0.3 is 51.8 Å². The van der Waals surface area contributed by atoms with E-state index in [1.165, 1.54) is 23.9 Å². The predicted molar refractivity (Wildman–Crippen MR) is 288 cm³/mol. The van der Waals surface area contributed by atoms with E-state index in [4.69, 9.17) is 10.5 Å². The second-order valence-corrected chi connectivity index (χ2v) is 24.3. The molecule has 4 aromatic rings. The number of aliphatic hydroxyl groups excluding tert-OH is 3. The number of rotatable bonds is 11. The number of fused-ring (bicyclic) bond motifs is 7. The topological polar surface area (TPSA) is 202 Å². The zero-order valence-corrected chi connectivity index (χ0v) is 43.4. The zero-order chi connectivity index (χ0) is 51.4. The molecule has 13 rings (SSSR count). The van der Waals surface area contributed by atoms with Gasteiger partial charge in [0.15, 0.2) is 17.3 Å². The van der Waals surface area contributed by atoms with Crippen LogP contribution in [0.3, 0.4) is 0 Å². The summed E-state index contributed by atoms with van der Waals surface area (Å²) in [7, 11) is 1.51. The van der Waals surface area contributed by atoms with E-state index in [1.54, 1.807) is 12.1 Å². The predicted octanol–water partition coefficient (Wildman–Crippen LogP) is 6.98. The summed E-state index contributed by atoms with van der Waals surface area (Å²) in [6.45, 7) is 5.44. The highest BCUT2D eigenvalue weighted by Gasteiger charge is 2.67. The molecule has 7 aliphatic carbocycles. The number of allylic oxidation sites excluding steroid dienone is 2. The van der Waals surface area contributed by atoms with Gasteiger partial charge in [-0.1, -0.05) is 67.3 Å². The lowest BCUT2D eigenvalue weighted by Crippen LogP contribution is -2.68. The van der Waals surface area contributed by atoms with Gasteiger partial charge in [0.2, 0.25) is 0 Å². The van der Waals surface area contributed by atoms with Crippen LogP contribution in [0.5, 0.6) is 11.5 Å². The van der Waals surface area contributed by atoms with E-state index in [9.17, 15) is 25.2 Å². The number of Topliss-reactive ketones (excluding diaryl/α,β-unsaturated/α-hetero) is 2. The van der Waals surface area contributed by atoms with E-state index < -0.39 is 29.6 Å². The van der Waals surface area contributed by atoms with Gasteiger partial charge in [0.25, 0.3) is 0 Å². The lowest BCUT2D eigenvalue weighted by Gasteiger charge is -2.67. The second kappa shape index (κ2) is 19.2. The molecule has 12 heteroatoms. The molecule has 0 radical (unpaired) electrons. The number of hydrogen-bond donors (Lipinski definition) is 9. The molecule has 12 nitrogen and oxygen atoms in total. The molecule has 1 spiro atoms. The number of aliphatic hydroxyl groups is 3. The third-order valence-electron chi connectivity index (χ3n) is 21.2. The van der Waals surface area contributed by atoms with Crippen LogP contribution in [0.4, 0.5) is 0 Å². The fourth-order valence-electron chi connectivity index (χ4n) is 18.0. The largest absolute Gasteiger partial charge is 0.504 e. The van der Waals surface area contributed by atoms with Gasteiger partial charge in [0.05, 0.1) is 31.2 Å². The van der Waals surface area contributed by atoms with Gasteiger partial charge in [0.1, 0.15) is 11.2 Å². The van der Waals surface area contributed by atoms with Crippen molar-refractivity contribution in [3.8, 4) is 23.3 Å². The summed E-state index contributed by atoms with van der Waals surface area (Å²) >= 11 is 0. The quantitative estimate of drug-likeness (QED) is 0.0703. The van der Waals surface area contributed by atoms with Crippen LogP contribution in [-0.2, 0) is 22.4 Å². The number of benzene rings is 3. The van der Waals surface area contributed by atoms with Crippen molar-refractivity contribution in [2.24, 2.45) is 64.4 Å². The molecule has 1 saturated heterocycles. The Hall–Kier alpha value is -5.42. The van der Waals surface area contributed by atoms with Gasteiger partial charge in [-0.15, -0.1) is 0 Å². The van der Waals surface area contributed by atoms with Crippen molar-refractivity contribution in [1.82, 2.24) is 20.9 Å². The molecule has 394 valence electrons. The van der Waals surface area contributed by atoms with Crippen molar-refractivity contribution in [3.63, 3.8) is 0 Å². The first kappa shape index (κ1) is 49.2. The molecular formula is C63H75N5O7. The zero-order valence-electron chi connectivity index (χ0n) is 43.4. The molecule has 3 heterocycles. The second-order valence-electron chi connectivity index (χ2n) is 24.3. The SMILES string of the molecule is CCNCC1C2c3[nH]cc4c3C3C(CC4)C(=O)CC4NCC(C5CCC6C(CCC7(C#CC(CC(O)C(O)CC(C8=CCNC(N)=C8)c8ccc9ccccc9c8)c8cc(O)c(OC)cc8CCC7=O)C6O)C51)C2C43. The van der Waals surface area contributed by atoms with Crippen molar-refractivity contribution in [2.45, 2.75) is 126 Å². The molecule has 4 saturated carbocycles. The number of aromatic amines is 1. The Labute approximate surface area is 440 Å². The summed E-state index contributed by atoms with van der Waals surface area (Å²) in [5, 5.41) is 62.1. The minimum Gasteiger partial charge on any atom is -0.504 e. The molecular weight excluding hydrogens is 939 g/mol. The Bertz CT molecular complexity index is 3040. The normalized spacial score (nSPS) is 36.3. The van der Waals surface area contributed by atoms with Crippen LogP contribution in [0.1, 0.15) is 122 Å². The molecule has 18 atom stereocenters. The average Bonchev–Trinajstić information content (AvgIpc) is 3.88. The fourth-order valence-corrected chi connectivity index (χ4v) is 18.0. The smallest absolute Gasteiger partial charge is 0.160 e. The van der Waals surface area contributed by atoms with Crippen molar-refractivity contribution >= 4 is 22.3 Å². The van der Waals surface area contributed by atoms with Gasteiger partial charge in [0, 0.05) is 66.9 Å². The number of methoxy groups -OCH3 is 1. The van der Waals surface area contributed by atoms with Crippen molar-refractivity contribution in [2.75, 3.05) is 33.3 Å². The van der Waals surface area contributed by atoms with Crippen LogP contribution in [0, 0.1) is 70.5 Å². The van der Waals surface area contributed by atoms with Crippen LogP contribution < -0.4 is 26.4 Å². The standard InChI is InChI=1S/C63H75N5O7/c1-3-65-30-46-56-39(45-31-67-47-28-48(69)42-12-10-38-29-68-61-55(38)57(42)60(47)58(45)59(46)61)13-14-41-40(56)17-20-63(62(41)74)19-16-36(44-27-51(72)52(75-2)24-35(44)11-15-53(63)73)23-49(70)50(71)26-43(37-18-21-66-54(64)25-37)34-9-8-32-6-4-5-7-33(32)22-34/h4-9,18,22,24-25,27,29,36,39-43,45-47,49-50,56-60,62,65-68,70-72,74H,3,10-15,17,20-21,23,26,28,30-31,64H2,1-2H3. The number of carbonyl (C=O) groups excluding carboxylic acids is 2. The van der Waals surface area contributed by atoms with Crippen LogP contribution >= 0.6 is 0 Å². The highest BCUT2D eigenvalue weighted by Crippen LogP contribution is 2.69. The van der Waals surface area contributed by atoms with Gasteiger partial charge in [-0.25, -0.2) is 0 Å². The monoisotopic (exact) mass is 1010 g/mol. The molecule has 9 aliphatic rings. The Kier molecular flexibility index (Phi) is 12.6. The van der Waals surface area contributed by atoms with E-state index in [2.05, 4.69) is 82.3 Å². The van der Waals surface area contributed by atoms with Crippen LogP contribution in [0.2, 0.25) is 0 Å². The van der Waals surface area contributed by atoms with Crippen LogP contribution in [-0.4, -0.2) is 94.6 Å². The van der Waals surface area contributed by atoms with E-state index in [0.29, 0.717) is 90.3 Å². The molecule has 0 bridgehead atoms. The van der Waals surface area contributed by atoms with E-state index in [0.717, 1.165) is 79.2 Å². The Morgan fingerprint density at radius 2 is 1.73 bits per heavy atom. The van der Waals surface area contributed by atoms with Gasteiger partial charge in [-0.3, -0.25) is 9.59 Å². The maximum absolute atomic E-state index is 15.2. The molecule has 2 aliphatic heterocycles. The third kappa shape index (κ3) is 7.95. The molecule has 0 amide bonds. The number of dihydropyridines is 1. The Balaban J connectivity index is 0.826. The number of H-pyrrole nitrogens is 1. The third-order valence-corrected chi connectivity index (χ3v) is 21.2. The summed E-state index contributed by atoms with van der Waals surface area (Å²) in [6.07, 6.45) is 9.23. The number of carbonyl (C=O) groups is 2. The number of hydrogen-bond acceptors (Lipinski definition) is 11. The van der Waals surface area contributed by atoms with Gasteiger partial charge >= 0.3 is 0 Å². The summed E-state index contributed by atoms with van der Waals surface area (Å²) in [5.41, 5.74) is 12.7. The van der Waals surface area contributed by atoms with Crippen molar-refractivity contribution in [1.29, 1.82) is 0 Å². The number of aryl methyl sites for hydroxylation is 2. The molecule has 1 aromatic heterocycles. The lowest BCUT2D eigenvalue weighted by molar-refractivity contribution is -0.167. The number of aromatic nitrogens is 1. The number of ether oxygens (including phenoxy) is 1. The van der Waals surface area contributed by atoms with Gasteiger partial charge in [-0.2, -0.15) is 0 Å². The summed E-state index contributed by atoms with van der Waals surface area (Å²) in [6, 6.07) is 18.1. The molecule has 3 aromatic carbocycles. The number of nitrogens with one attached hydrogen (secondary N) is 4. The molecule has 5 fully saturated rings. The van der Waals surface area contributed by atoms with Gasteiger partial charge in [-0.05, 0) is 187 Å². The van der Waals surface area contributed by atoms with Crippen molar-refractivity contribution in [3.05, 3.63) is 118 Å². The summed E-state index contributed by atoms with van der Waals surface area (Å²) in [4.78, 5) is 32.9. The fraction of sp³-hybridized carbons (Fsp3) is 0.556. The summed E-state index contributed by atoms with van der Waals surface area (Å²) in [5.74, 6) is 10.6. The first-order chi connectivity index (χ1) is 36.5.